The lowest BCUT2D eigenvalue weighted by molar-refractivity contribution is -0.314. The van der Waals surface area contributed by atoms with E-state index in [9.17, 15) is 61.0 Å². The lowest BCUT2D eigenvalue weighted by Crippen LogP contribution is -2.61. The summed E-state index contributed by atoms with van der Waals surface area (Å²) in [4.78, 5) is 12.6. The van der Waals surface area contributed by atoms with Gasteiger partial charge in [0, 0.05) is 37.0 Å². The van der Waals surface area contributed by atoms with Crippen LogP contribution in [0.15, 0.2) is 85.1 Å². The average Bonchev–Trinajstić information content (AvgIpc) is 3.22. The molecule has 3 aliphatic heterocycles. The minimum absolute atomic E-state index is 0.0933. The summed E-state index contributed by atoms with van der Waals surface area (Å²) in [6, 6.07) is -1.09. The number of cyclic esters (lactones) is 1. The maximum Gasteiger partial charge on any atom is 0.308 e. The normalized spacial score (nSPS) is 46.1. The summed E-state index contributed by atoms with van der Waals surface area (Å²) in [7, 11) is 0. The molecule has 3 heterocycles. The van der Waals surface area contributed by atoms with Crippen LogP contribution in [0.4, 0.5) is 0 Å². The number of fused-ring (bicyclic) bond motifs is 2. The quantitative estimate of drug-likeness (QED) is 0.173. The van der Waals surface area contributed by atoms with Crippen LogP contribution in [0.1, 0.15) is 79.1 Å². The number of carbonyl (C=O) groups is 1. The zero-order valence-corrected chi connectivity index (χ0v) is 37.4. The van der Waals surface area contributed by atoms with Gasteiger partial charge in [-0.3, -0.25) is 4.79 Å². The van der Waals surface area contributed by atoms with Gasteiger partial charge in [0.15, 0.2) is 12.1 Å². The Bertz CT molecular complexity index is 1580. The molecule has 0 aromatic carbocycles. The summed E-state index contributed by atoms with van der Waals surface area (Å²) in [5.74, 6) is -4.55. The van der Waals surface area contributed by atoms with E-state index in [-0.39, 0.29) is 38.0 Å². The first-order chi connectivity index (χ1) is 30.2. The maximum atomic E-state index is 12.6. The van der Waals surface area contributed by atoms with Gasteiger partial charge in [-0.25, -0.2) is 0 Å². The van der Waals surface area contributed by atoms with Gasteiger partial charge in [-0.15, -0.1) is 0 Å². The van der Waals surface area contributed by atoms with E-state index in [1.165, 1.54) is 0 Å². The first-order valence-electron chi connectivity index (χ1n) is 22.3. The van der Waals surface area contributed by atoms with Gasteiger partial charge in [-0.05, 0) is 39.5 Å². The summed E-state index contributed by atoms with van der Waals surface area (Å²) >= 11 is 0. The summed E-state index contributed by atoms with van der Waals surface area (Å²) < 4.78 is 23.4. The van der Waals surface area contributed by atoms with E-state index in [2.05, 4.69) is 0 Å². The molecule has 13 N–H and O–H groups in total. The number of aliphatic hydroxyl groups excluding tert-OH is 10. The second kappa shape index (κ2) is 27.6. The Kier molecular flexibility index (Phi) is 23.9. The molecule has 3 aliphatic rings. The molecule has 17 nitrogen and oxygen atoms in total. The standard InChI is InChI=1S/C47H75NO16/c1-28-17-15-13-11-9-7-5-6-8-10-12-14-16-18-35(63-46-45(59)42(48)44(58)31(4)62-46)24-40-36(27-49)38(54)25-47(60,64-40)26-39(55)37(53)20-19-32(50)21-33(51)22-34(52)23-41(56)61-30(3)29(2)43(28)57/h5-18,28-40,42-46,49-55,57-60H,19-27,48H2,1-4H3/b6-5+,9-7+,10-8+,13-11+,14-12+,17-15+,18-16+/t28-,29-,30-,31+,32?,33?,34?,35-,36?,37?,38?,39?,40?,42-,43+,44+,45-,46-,47-/m0/s1. The van der Waals surface area contributed by atoms with Crippen LogP contribution in [0, 0.1) is 17.8 Å². The van der Waals surface area contributed by atoms with Crippen LogP contribution in [-0.2, 0) is 23.7 Å². The van der Waals surface area contributed by atoms with Crippen molar-refractivity contribution in [2.45, 2.75) is 177 Å². The molecule has 3 rings (SSSR count). The fourth-order valence-corrected chi connectivity index (χ4v) is 7.94. The number of nitrogens with two attached hydrogens (primary N) is 1. The molecule has 8 unspecified atom stereocenters. The molecule has 2 bridgehead atoms. The Morgan fingerprint density at radius 2 is 1.20 bits per heavy atom. The van der Waals surface area contributed by atoms with Crippen LogP contribution in [0.5, 0.6) is 0 Å². The Balaban J connectivity index is 1.83. The van der Waals surface area contributed by atoms with Crippen molar-refractivity contribution in [3.63, 3.8) is 0 Å². The second-order valence-corrected chi connectivity index (χ2v) is 17.6. The van der Waals surface area contributed by atoms with Gasteiger partial charge in [0.05, 0.1) is 86.2 Å². The lowest BCUT2D eigenvalue weighted by atomic mass is 9.83. The molecule has 0 radical (unpaired) electrons. The maximum absolute atomic E-state index is 12.6. The van der Waals surface area contributed by atoms with Crippen molar-refractivity contribution in [3.8, 4) is 0 Å². The van der Waals surface area contributed by atoms with Crippen molar-refractivity contribution in [2.24, 2.45) is 23.5 Å². The van der Waals surface area contributed by atoms with Crippen molar-refractivity contribution in [1.82, 2.24) is 0 Å². The molecular formula is C47H75NO16. The van der Waals surface area contributed by atoms with Crippen LogP contribution >= 0.6 is 0 Å². The molecule has 0 spiro atoms. The molecule has 0 aromatic heterocycles. The van der Waals surface area contributed by atoms with E-state index >= 15 is 0 Å². The van der Waals surface area contributed by atoms with Gasteiger partial charge in [-0.2, -0.15) is 0 Å². The average molecular weight is 910 g/mol. The topological polar surface area (TPSA) is 303 Å². The first kappa shape index (κ1) is 55.4. The Labute approximate surface area is 376 Å². The first-order valence-corrected chi connectivity index (χ1v) is 22.3. The lowest BCUT2D eigenvalue weighted by Gasteiger charge is -2.46. The van der Waals surface area contributed by atoms with Gasteiger partial charge in [-0.1, -0.05) is 98.9 Å². The highest BCUT2D eigenvalue weighted by Crippen LogP contribution is 2.38. The highest BCUT2D eigenvalue weighted by atomic mass is 16.7. The zero-order chi connectivity index (χ0) is 47.6. The van der Waals surface area contributed by atoms with E-state index in [1.54, 1.807) is 63.3 Å². The van der Waals surface area contributed by atoms with E-state index in [0.717, 1.165) is 0 Å². The number of carbonyl (C=O) groups excluding carboxylic acids is 1. The summed E-state index contributed by atoms with van der Waals surface area (Å²) in [6.07, 6.45) is 6.26. The Hall–Kier alpha value is -2.95. The zero-order valence-electron chi connectivity index (χ0n) is 37.4. The number of hydrogen-bond donors (Lipinski definition) is 12. The van der Waals surface area contributed by atoms with Gasteiger partial charge in [0.25, 0.3) is 0 Å². The van der Waals surface area contributed by atoms with Gasteiger partial charge >= 0.3 is 5.97 Å². The van der Waals surface area contributed by atoms with Gasteiger partial charge in [0.2, 0.25) is 0 Å². The smallest absolute Gasteiger partial charge is 0.308 e. The van der Waals surface area contributed by atoms with Crippen LogP contribution in [-0.4, -0.2) is 166 Å². The fraction of sp³-hybridized carbons (Fsp3) is 0.681. The molecule has 19 atom stereocenters. The van der Waals surface area contributed by atoms with Crippen molar-refractivity contribution >= 4 is 5.97 Å². The fourth-order valence-electron chi connectivity index (χ4n) is 7.94. The number of ether oxygens (including phenoxy) is 4. The van der Waals surface area contributed by atoms with E-state index in [4.69, 9.17) is 24.7 Å². The molecule has 2 fully saturated rings. The number of hydrogen-bond acceptors (Lipinski definition) is 17. The number of allylic oxidation sites excluding steroid dienone is 12. The number of aliphatic hydroxyl groups is 11. The molecular weight excluding hydrogens is 835 g/mol. The highest BCUT2D eigenvalue weighted by molar-refractivity contribution is 5.70. The SMILES string of the molecule is C[C@@H]1[C@H](O)[C@@H](C)/C=C/C=C/C=C/C=C/C=C/C=C/C=C/[C@H](O[C@@H]2O[C@H](C)[C@@H](O)[C@H](N)[C@@H]2O)CC2O[C@](O)(CC(O)C(O)CCC(O)CC(O)CC(O)CC(=O)O[C@H]1C)CC(O)C2CO. The number of rotatable bonds is 3. The van der Waals surface area contributed by atoms with Crippen molar-refractivity contribution in [2.75, 3.05) is 6.61 Å². The van der Waals surface area contributed by atoms with Crippen LogP contribution in [0.3, 0.4) is 0 Å². The Morgan fingerprint density at radius 3 is 1.80 bits per heavy atom. The van der Waals surface area contributed by atoms with E-state index in [0.29, 0.717) is 0 Å². The third kappa shape index (κ3) is 18.4. The summed E-state index contributed by atoms with van der Waals surface area (Å²) in [6.45, 7) is 6.27. The van der Waals surface area contributed by atoms with Crippen molar-refractivity contribution in [3.05, 3.63) is 85.1 Å². The third-order valence-corrected chi connectivity index (χ3v) is 12.1. The monoisotopic (exact) mass is 910 g/mol. The van der Waals surface area contributed by atoms with Crippen LogP contribution < -0.4 is 5.73 Å². The van der Waals surface area contributed by atoms with E-state index < -0.39 is 141 Å². The van der Waals surface area contributed by atoms with E-state index in [1.807, 2.05) is 49.5 Å². The predicted octanol–water partition coefficient (Wildman–Crippen LogP) is 0.619. The van der Waals surface area contributed by atoms with Crippen molar-refractivity contribution < 1.29 is 79.9 Å². The molecule has 364 valence electrons. The van der Waals surface area contributed by atoms with Crippen molar-refractivity contribution in [1.29, 1.82) is 0 Å². The van der Waals surface area contributed by atoms with Gasteiger partial charge in [0.1, 0.15) is 12.2 Å². The molecule has 0 aromatic rings. The summed E-state index contributed by atoms with van der Waals surface area (Å²) in [5.41, 5.74) is 6.04. The molecule has 0 aliphatic carbocycles. The predicted molar refractivity (Wildman–Crippen MR) is 236 cm³/mol. The third-order valence-electron chi connectivity index (χ3n) is 12.1. The minimum atomic E-state index is -2.19. The molecule has 64 heavy (non-hydrogen) atoms. The molecule has 0 amide bonds. The minimum Gasteiger partial charge on any atom is -0.462 e. The second-order valence-electron chi connectivity index (χ2n) is 17.6. The molecule has 0 saturated carbocycles. The largest absolute Gasteiger partial charge is 0.462 e. The highest BCUT2D eigenvalue weighted by Gasteiger charge is 2.48. The number of esters is 1. The van der Waals surface area contributed by atoms with Gasteiger partial charge < -0.3 is 80.9 Å². The summed E-state index contributed by atoms with van der Waals surface area (Å²) in [5, 5.41) is 118. The Morgan fingerprint density at radius 1 is 0.656 bits per heavy atom. The van der Waals surface area contributed by atoms with Crippen LogP contribution in [0.25, 0.3) is 0 Å². The molecule has 2 saturated heterocycles. The molecule has 17 heteroatoms. The van der Waals surface area contributed by atoms with Crippen LogP contribution in [0.2, 0.25) is 0 Å².